The molecule has 1 unspecified atom stereocenters. The van der Waals surface area contributed by atoms with Crippen LogP contribution in [0.2, 0.25) is 5.15 Å². The van der Waals surface area contributed by atoms with Gasteiger partial charge in [0.05, 0.1) is 6.54 Å². The predicted molar refractivity (Wildman–Crippen MR) is 99.3 cm³/mol. The van der Waals surface area contributed by atoms with Crippen molar-refractivity contribution in [3.63, 3.8) is 0 Å². The second-order valence-electron chi connectivity index (χ2n) is 5.45. The van der Waals surface area contributed by atoms with Gasteiger partial charge in [0.2, 0.25) is 0 Å². The van der Waals surface area contributed by atoms with Crippen LogP contribution in [0.1, 0.15) is 24.3 Å². The second-order valence-corrected chi connectivity index (χ2v) is 6.87. The Hall–Kier alpha value is -1.59. The monoisotopic (exact) mass is 350 g/mol. The third-order valence-corrected chi connectivity index (χ3v) is 4.42. The minimum Gasteiger partial charge on any atom is -0.357 e. The number of pyridine rings is 1. The fourth-order valence-electron chi connectivity index (χ4n) is 2.13. The Balaban J connectivity index is 1.84. The maximum absolute atomic E-state index is 5.80. The third kappa shape index (κ3) is 6.59. The van der Waals surface area contributed by atoms with Crippen LogP contribution in [0.25, 0.3) is 0 Å². The summed E-state index contributed by atoms with van der Waals surface area (Å²) in [4.78, 5) is 10.1. The summed E-state index contributed by atoms with van der Waals surface area (Å²) in [5.74, 6) is 1.38. The van der Waals surface area contributed by atoms with E-state index in [2.05, 4.69) is 52.0 Å². The van der Waals surface area contributed by atoms with Crippen LogP contribution in [0.15, 0.2) is 40.8 Å². The summed E-state index contributed by atoms with van der Waals surface area (Å²) in [6, 6.07) is 8.03. The SMILES string of the molecule is CCNC(=NCc1ccc(Cl)nc1)NCC(C)Cc1cccs1. The van der Waals surface area contributed by atoms with Gasteiger partial charge in [-0.1, -0.05) is 30.7 Å². The number of thiophene rings is 1. The smallest absolute Gasteiger partial charge is 0.191 e. The minimum atomic E-state index is 0.505. The van der Waals surface area contributed by atoms with Crippen LogP contribution in [-0.4, -0.2) is 24.0 Å². The molecule has 1 atom stereocenters. The Labute approximate surface area is 147 Å². The summed E-state index contributed by atoms with van der Waals surface area (Å²) in [6.45, 7) is 6.63. The zero-order valence-corrected chi connectivity index (χ0v) is 15.1. The molecule has 2 aromatic heterocycles. The van der Waals surface area contributed by atoms with E-state index in [9.17, 15) is 0 Å². The van der Waals surface area contributed by atoms with Crippen molar-refractivity contribution in [1.29, 1.82) is 0 Å². The number of nitrogens with one attached hydrogen (secondary N) is 2. The third-order valence-electron chi connectivity index (χ3n) is 3.30. The Morgan fingerprint density at radius 3 is 2.87 bits per heavy atom. The van der Waals surface area contributed by atoms with Gasteiger partial charge in [-0.2, -0.15) is 0 Å². The molecule has 124 valence electrons. The van der Waals surface area contributed by atoms with Gasteiger partial charge in [-0.3, -0.25) is 0 Å². The van der Waals surface area contributed by atoms with E-state index in [0.29, 0.717) is 17.6 Å². The van der Waals surface area contributed by atoms with Gasteiger partial charge >= 0.3 is 0 Å². The Kier molecular flexibility index (Phi) is 7.36. The maximum Gasteiger partial charge on any atom is 0.191 e. The summed E-state index contributed by atoms with van der Waals surface area (Å²) < 4.78 is 0. The van der Waals surface area contributed by atoms with E-state index in [1.807, 2.05) is 17.4 Å². The van der Waals surface area contributed by atoms with Gasteiger partial charge in [-0.15, -0.1) is 11.3 Å². The number of hydrogen-bond acceptors (Lipinski definition) is 3. The van der Waals surface area contributed by atoms with Gasteiger partial charge in [-0.25, -0.2) is 9.98 Å². The van der Waals surface area contributed by atoms with Crippen molar-refractivity contribution in [1.82, 2.24) is 15.6 Å². The number of rotatable bonds is 7. The number of aromatic nitrogens is 1. The zero-order valence-electron chi connectivity index (χ0n) is 13.6. The van der Waals surface area contributed by atoms with Crippen molar-refractivity contribution in [3.8, 4) is 0 Å². The van der Waals surface area contributed by atoms with E-state index >= 15 is 0 Å². The van der Waals surface area contributed by atoms with Gasteiger partial charge in [0.1, 0.15) is 5.15 Å². The lowest BCUT2D eigenvalue weighted by Crippen LogP contribution is -2.39. The molecule has 6 heteroatoms. The lowest BCUT2D eigenvalue weighted by atomic mass is 10.1. The molecule has 0 radical (unpaired) electrons. The first kappa shape index (κ1) is 17.8. The molecule has 0 aliphatic heterocycles. The number of guanidine groups is 1. The Morgan fingerprint density at radius 1 is 1.35 bits per heavy atom. The highest BCUT2D eigenvalue weighted by Gasteiger charge is 2.06. The highest BCUT2D eigenvalue weighted by molar-refractivity contribution is 7.09. The average Bonchev–Trinajstić information content (AvgIpc) is 3.04. The Morgan fingerprint density at radius 2 is 2.22 bits per heavy atom. The molecule has 4 nitrogen and oxygen atoms in total. The van der Waals surface area contributed by atoms with Crippen molar-refractivity contribution >= 4 is 28.9 Å². The fraction of sp³-hybridized carbons (Fsp3) is 0.412. The highest BCUT2D eigenvalue weighted by atomic mass is 35.5. The van der Waals surface area contributed by atoms with Crippen LogP contribution in [0.4, 0.5) is 0 Å². The lowest BCUT2D eigenvalue weighted by molar-refractivity contribution is 0.562. The highest BCUT2D eigenvalue weighted by Crippen LogP contribution is 2.13. The van der Waals surface area contributed by atoms with Gasteiger partial charge in [-0.05, 0) is 42.3 Å². The number of aliphatic imine (C=N–C) groups is 1. The van der Waals surface area contributed by atoms with Crippen LogP contribution >= 0.6 is 22.9 Å². The Bertz CT molecular complexity index is 596. The molecule has 0 bridgehead atoms. The zero-order chi connectivity index (χ0) is 16.5. The average molecular weight is 351 g/mol. The molecule has 0 spiro atoms. The van der Waals surface area contributed by atoms with Crippen LogP contribution in [0, 0.1) is 5.92 Å². The molecule has 0 fully saturated rings. The minimum absolute atomic E-state index is 0.505. The first-order chi connectivity index (χ1) is 11.2. The second kappa shape index (κ2) is 9.53. The van der Waals surface area contributed by atoms with E-state index < -0.39 is 0 Å². The van der Waals surface area contributed by atoms with Crippen molar-refractivity contribution in [2.45, 2.75) is 26.8 Å². The van der Waals surface area contributed by atoms with Crippen molar-refractivity contribution in [2.75, 3.05) is 13.1 Å². The summed E-state index contributed by atoms with van der Waals surface area (Å²) in [5.41, 5.74) is 1.04. The van der Waals surface area contributed by atoms with Crippen molar-refractivity contribution < 1.29 is 0 Å². The fourth-order valence-corrected chi connectivity index (χ4v) is 3.11. The molecular formula is C17H23ClN4S. The maximum atomic E-state index is 5.80. The van der Waals surface area contributed by atoms with Gasteiger partial charge < -0.3 is 10.6 Å². The normalized spacial score (nSPS) is 12.9. The van der Waals surface area contributed by atoms with E-state index in [1.54, 1.807) is 12.3 Å². The molecule has 0 aliphatic rings. The van der Waals surface area contributed by atoms with Gasteiger partial charge in [0.15, 0.2) is 5.96 Å². The molecule has 0 aromatic carbocycles. The first-order valence-corrected chi connectivity index (χ1v) is 9.08. The molecule has 2 aromatic rings. The molecule has 23 heavy (non-hydrogen) atoms. The number of hydrogen-bond donors (Lipinski definition) is 2. The van der Waals surface area contributed by atoms with Crippen LogP contribution in [0.3, 0.4) is 0 Å². The van der Waals surface area contributed by atoms with E-state index in [1.165, 1.54) is 4.88 Å². The quantitative estimate of drug-likeness (QED) is 0.454. The summed E-state index contributed by atoms with van der Waals surface area (Å²) in [6.07, 6.45) is 2.85. The molecule has 2 N–H and O–H groups in total. The molecule has 0 aliphatic carbocycles. The van der Waals surface area contributed by atoms with Gasteiger partial charge in [0.25, 0.3) is 0 Å². The largest absolute Gasteiger partial charge is 0.357 e. The lowest BCUT2D eigenvalue weighted by Gasteiger charge is -2.15. The van der Waals surface area contributed by atoms with Crippen LogP contribution in [0.5, 0.6) is 0 Å². The standard InChI is InChI=1S/C17H23ClN4S/c1-3-19-17(22-12-14-6-7-16(18)20-11-14)21-10-13(2)9-15-5-4-8-23-15/h4-8,11,13H,3,9-10,12H2,1-2H3,(H2,19,21,22). The van der Waals surface area contributed by atoms with Crippen molar-refractivity contribution in [2.24, 2.45) is 10.9 Å². The van der Waals surface area contributed by atoms with Crippen molar-refractivity contribution in [3.05, 3.63) is 51.4 Å². The number of halogens is 1. The summed E-state index contributed by atoms with van der Waals surface area (Å²) in [7, 11) is 0. The van der Waals surface area contributed by atoms with Crippen LogP contribution in [-0.2, 0) is 13.0 Å². The topological polar surface area (TPSA) is 49.3 Å². The summed E-state index contributed by atoms with van der Waals surface area (Å²) in [5, 5.41) is 9.32. The molecule has 2 rings (SSSR count). The molecule has 2 heterocycles. The molecule has 0 saturated heterocycles. The molecule has 0 saturated carbocycles. The predicted octanol–water partition coefficient (Wildman–Crippen LogP) is 3.73. The van der Waals surface area contributed by atoms with E-state index in [4.69, 9.17) is 11.6 Å². The van der Waals surface area contributed by atoms with Crippen LogP contribution < -0.4 is 10.6 Å². The van der Waals surface area contributed by atoms with E-state index in [0.717, 1.165) is 31.0 Å². The molecular weight excluding hydrogens is 328 g/mol. The van der Waals surface area contributed by atoms with Gasteiger partial charge in [0, 0.05) is 24.2 Å². The molecule has 0 amide bonds. The first-order valence-electron chi connectivity index (χ1n) is 7.82. The van der Waals surface area contributed by atoms with E-state index in [-0.39, 0.29) is 0 Å². The number of nitrogens with zero attached hydrogens (tertiary/aromatic N) is 2. The summed E-state index contributed by atoms with van der Waals surface area (Å²) >= 11 is 7.61.